The van der Waals surface area contributed by atoms with Crippen LogP contribution in [-0.4, -0.2) is 21.5 Å². The first-order valence-electron chi connectivity index (χ1n) is 7.91. The Morgan fingerprint density at radius 3 is 2.85 bits per heavy atom. The van der Waals surface area contributed by atoms with Gasteiger partial charge >= 0.3 is 5.97 Å². The lowest BCUT2D eigenvalue weighted by Crippen LogP contribution is -2.26. The van der Waals surface area contributed by atoms with Gasteiger partial charge < -0.3 is 9.47 Å². The number of benzene rings is 1. The highest BCUT2D eigenvalue weighted by Crippen LogP contribution is 2.23. The normalized spacial score (nSPS) is 12.2. The van der Waals surface area contributed by atoms with Crippen LogP contribution in [0.5, 0.6) is 5.75 Å². The van der Waals surface area contributed by atoms with Gasteiger partial charge in [0.05, 0.1) is 5.69 Å². The number of esters is 1. The molecule has 2 heterocycles. The maximum Gasteiger partial charge on any atom is 0.347 e. The van der Waals surface area contributed by atoms with Crippen molar-refractivity contribution in [2.45, 2.75) is 33.5 Å². The van der Waals surface area contributed by atoms with Gasteiger partial charge in [0.1, 0.15) is 12.4 Å². The fourth-order valence-corrected chi connectivity index (χ4v) is 3.54. The first-order chi connectivity index (χ1) is 12.3. The second kappa shape index (κ2) is 7.47. The number of hydrogen-bond acceptors (Lipinski definition) is 6. The number of carbonyl (C=O) groups excluding carboxylic acids is 1. The molecule has 1 aromatic carbocycles. The number of rotatable bonds is 5. The molecule has 0 spiro atoms. The van der Waals surface area contributed by atoms with E-state index in [0.717, 1.165) is 11.3 Å². The topological polar surface area (TPSA) is 69.9 Å². The van der Waals surface area contributed by atoms with Gasteiger partial charge in [-0.05, 0) is 44.5 Å². The molecule has 136 valence electrons. The minimum Gasteiger partial charge on any atom is -0.479 e. The van der Waals surface area contributed by atoms with Crippen molar-refractivity contribution in [3.63, 3.8) is 0 Å². The molecule has 0 saturated heterocycles. The molecule has 0 aliphatic heterocycles. The van der Waals surface area contributed by atoms with E-state index in [9.17, 15) is 9.59 Å². The number of aryl methyl sites for hydroxylation is 2. The van der Waals surface area contributed by atoms with E-state index in [1.807, 2.05) is 19.2 Å². The second-order valence-corrected chi connectivity index (χ2v) is 7.13. The van der Waals surface area contributed by atoms with Crippen molar-refractivity contribution in [2.75, 3.05) is 0 Å². The van der Waals surface area contributed by atoms with Crippen LogP contribution in [0, 0.1) is 13.8 Å². The van der Waals surface area contributed by atoms with Gasteiger partial charge in [0.25, 0.3) is 5.56 Å². The van der Waals surface area contributed by atoms with E-state index in [-0.39, 0.29) is 12.2 Å². The zero-order valence-corrected chi connectivity index (χ0v) is 16.1. The molecule has 6 nitrogen and oxygen atoms in total. The van der Waals surface area contributed by atoms with E-state index >= 15 is 0 Å². The van der Waals surface area contributed by atoms with Crippen molar-refractivity contribution < 1.29 is 14.3 Å². The van der Waals surface area contributed by atoms with Gasteiger partial charge in [-0.3, -0.25) is 9.20 Å². The number of ether oxygens (including phenoxy) is 2. The number of fused-ring (bicyclic) bond motifs is 1. The van der Waals surface area contributed by atoms with Crippen molar-refractivity contribution in [1.29, 1.82) is 0 Å². The van der Waals surface area contributed by atoms with E-state index < -0.39 is 12.1 Å². The average molecular weight is 393 g/mol. The summed E-state index contributed by atoms with van der Waals surface area (Å²) in [6.07, 6.45) is -0.802. The highest BCUT2D eigenvalue weighted by Gasteiger charge is 2.18. The molecule has 1 unspecified atom stereocenters. The lowest BCUT2D eigenvalue weighted by atomic mass is 10.2. The molecule has 0 radical (unpaired) electrons. The molecule has 8 heteroatoms. The molecule has 2 aromatic heterocycles. The van der Waals surface area contributed by atoms with Crippen molar-refractivity contribution in [3.05, 3.63) is 62.0 Å². The predicted molar refractivity (Wildman–Crippen MR) is 100 cm³/mol. The lowest BCUT2D eigenvalue weighted by molar-refractivity contribution is -0.152. The summed E-state index contributed by atoms with van der Waals surface area (Å²) >= 11 is 7.27. The molecule has 3 rings (SSSR count). The molecule has 0 fully saturated rings. The standard InChI is InChI=1S/C18H17ClN2O4S/c1-10-6-13(19)4-5-15(10)25-12(3)17(23)24-8-14-7-16(22)21-11(2)9-26-18(21)20-14/h4-7,9,12H,8H2,1-3H3. The highest BCUT2D eigenvalue weighted by atomic mass is 35.5. The van der Waals surface area contributed by atoms with Crippen LogP contribution in [0.2, 0.25) is 5.02 Å². The van der Waals surface area contributed by atoms with E-state index in [2.05, 4.69) is 4.98 Å². The fraction of sp³-hybridized carbons (Fsp3) is 0.278. The lowest BCUT2D eigenvalue weighted by Gasteiger charge is -2.15. The van der Waals surface area contributed by atoms with E-state index in [1.165, 1.54) is 21.8 Å². The summed E-state index contributed by atoms with van der Waals surface area (Å²) in [6.45, 7) is 5.19. The molecular weight excluding hydrogens is 376 g/mol. The van der Waals surface area contributed by atoms with Crippen LogP contribution in [-0.2, 0) is 16.1 Å². The Labute approximate surface area is 159 Å². The number of aromatic nitrogens is 2. The van der Waals surface area contributed by atoms with E-state index in [0.29, 0.717) is 21.4 Å². The summed E-state index contributed by atoms with van der Waals surface area (Å²) in [4.78, 5) is 29.2. The Balaban J connectivity index is 1.65. The molecule has 0 bridgehead atoms. The predicted octanol–water partition coefficient (Wildman–Crippen LogP) is 3.54. The van der Waals surface area contributed by atoms with Gasteiger partial charge in [0, 0.05) is 22.2 Å². The Bertz CT molecular complexity index is 1030. The quantitative estimate of drug-likeness (QED) is 0.621. The van der Waals surface area contributed by atoms with Crippen LogP contribution in [0.3, 0.4) is 0 Å². The molecule has 0 N–H and O–H groups in total. The number of carbonyl (C=O) groups is 1. The van der Waals surface area contributed by atoms with Crippen LogP contribution in [0.4, 0.5) is 0 Å². The van der Waals surface area contributed by atoms with Crippen molar-refractivity contribution in [1.82, 2.24) is 9.38 Å². The smallest absolute Gasteiger partial charge is 0.347 e. The summed E-state index contributed by atoms with van der Waals surface area (Å²) in [7, 11) is 0. The average Bonchev–Trinajstić information content (AvgIpc) is 2.96. The monoisotopic (exact) mass is 392 g/mol. The third-order valence-electron chi connectivity index (χ3n) is 3.76. The van der Waals surface area contributed by atoms with Gasteiger partial charge in [-0.2, -0.15) is 0 Å². The van der Waals surface area contributed by atoms with E-state index in [1.54, 1.807) is 25.1 Å². The number of halogens is 1. The second-order valence-electron chi connectivity index (χ2n) is 5.86. The first kappa shape index (κ1) is 18.4. The maximum atomic E-state index is 12.2. The summed E-state index contributed by atoms with van der Waals surface area (Å²) in [6, 6.07) is 6.52. The van der Waals surface area contributed by atoms with Crippen LogP contribution >= 0.6 is 22.9 Å². The zero-order valence-electron chi connectivity index (χ0n) is 14.5. The van der Waals surface area contributed by atoms with Crippen LogP contribution < -0.4 is 10.3 Å². The van der Waals surface area contributed by atoms with Gasteiger partial charge in [-0.1, -0.05) is 11.6 Å². The minimum absolute atomic E-state index is 0.0885. The molecule has 0 aliphatic carbocycles. The largest absolute Gasteiger partial charge is 0.479 e. The minimum atomic E-state index is -0.802. The van der Waals surface area contributed by atoms with Gasteiger partial charge in [-0.25, -0.2) is 9.78 Å². The summed E-state index contributed by atoms with van der Waals surface area (Å²) in [5.41, 5.74) is 1.86. The number of nitrogens with zero attached hydrogens (tertiary/aromatic N) is 2. The van der Waals surface area contributed by atoms with Crippen molar-refractivity contribution in [2.24, 2.45) is 0 Å². The Morgan fingerprint density at radius 1 is 1.35 bits per heavy atom. The highest BCUT2D eigenvalue weighted by molar-refractivity contribution is 7.15. The molecule has 1 atom stereocenters. The summed E-state index contributed by atoms with van der Waals surface area (Å²) in [5.74, 6) is 0.0226. The molecular formula is C18H17ClN2O4S. The van der Waals surface area contributed by atoms with Crippen LogP contribution in [0.25, 0.3) is 4.96 Å². The molecule has 3 aromatic rings. The van der Waals surface area contributed by atoms with Gasteiger partial charge in [0.15, 0.2) is 11.1 Å². The SMILES string of the molecule is Cc1cc(Cl)ccc1OC(C)C(=O)OCc1cc(=O)n2c(C)csc2n1. The molecule has 0 amide bonds. The third-order valence-corrected chi connectivity index (χ3v) is 4.94. The molecule has 0 aliphatic rings. The first-order valence-corrected chi connectivity index (χ1v) is 9.17. The summed E-state index contributed by atoms with van der Waals surface area (Å²) < 4.78 is 12.4. The maximum absolute atomic E-state index is 12.2. The van der Waals surface area contributed by atoms with Crippen molar-refractivity contribution in [3.8, 4) is 5.75 Å². The molecule has 0 saturated carbocycles. The van der Waals surface area contributed by atoms with E-state index in [4.69, 9.17) is 21.1 Å². The van der Waals surface area contributed by atoms with Crippen LogP contribution in [0.15, 0.2) is 34.4 Å². The number of thiazole rings is 1. The zero-order chi connectivity index (χ0) is 18.8. The summed E-state index contributed by atoms with van der Waals surface area (Å²) in [5, 5.41) is 2.45. The van der Waals surface area contributed by atoms with Crippen LogP contribution in [0.1, 0.15) is 23.9 Å². The third kappa shape index (κ3) is 3.89. The number of hydrogen-bond donors (Lipinski definition) is 0. The Kier molecular flexibility index (Phi) is 5.29. The Morgan fingerprint density at radius 2 is 2.12 bits per heavy atom. The van der Waals surface area contributed by atoms with Gasteiger partial charge in [0.2, 0.25) is 0 Å². The van der Waals surface area contributed by atoms with Crippen molar-refractivity contribution >= 4 is 33.9 Å². The van der Waals surface area contributed by atoms with Gasteiger partial charge in [-0.15, -0.1) is 11.3 Å². The Hall–Kier alpha value is -2.38. The molecule has 26 heavy (non-hydrogen) atoms. The fourth-order valence-electron chi connectivity index (χ4n) is 2.42.